The smallest absolute Gasteiger partial charge is 0.240 e. The molecule has 2 rings (SSSR count). The summed E-state index contributed by atoms with van der Waals surface area (Å²) in [5.41, 5.74) is 1.99. The Balaban J connectivity index is 2.18. The van der Waals surface area contributed by atoms with Crippen molar-refractivity contribution in [2.24, 2.45) is 0 Å². The van der Waals surface area contributed by atoms with Gasteiger partial charge in [0.2, 0.25) is 5.91 Å². The van der Waals surface area contributed by atoms with Crippen molar-refractivity contribution in [1.29, 1.82) is 0 Å². The highest BCUT2D eigenvalue weighted by Gasteiger charge is 2.14. The van der Waals surface area contributed by atoms with E-state index in [4.69, 9.17) is 12.2 Å². The molecule has 7 heteroatoms. The van der Waals surface area contributed by atoms with Crippen LogP contribution in [0.15, 0.2) is 24.3 Å². The van der Waals surface area contributed by atoms with E-state index in [0.717, 1.165) is 11.1 Å². The normalized spacial score (nSPS) is 12.0. The minimum atomic E-state index is -0.205. The molecule has 1 heterocycles. The number of benzene rings is 1. The van der Waals surface area contributed by atoms with Crippen molar-refractivity contribution in [3.8, 4) is 11.4 Å². The van der Waals surface area contributed by atoms with E-state index in [9.17, 15) is 9.59 Å². The summed E-state index contributed by atoms with van der Waals surface area (Å²) in [6.45, 7) is 5.35. The third-order valence-electron chi connectivity index (χ3n) is 3.34. The van der Waals surface area contributed by atoms with Crippen molar-refractivity contribution in [3.05, 3.63) is 34.6 Å². The van der Waals surface area contributed by atoms with Gasteiger partial charge in [-0.2, -0.15) is 5.10 Å². The molecule has 0 saturated carbocycles. The molecule has 1 aromatic heterocycles. The van der Waals surface area contributed by atoms with Crippen LogP contribution in [-0.4, -0.2) is 32.5 Å². The van der Waals surface area contributed by atoms with Gasteiger partial charge in [0.1, 0.15) is 12.3 Å². The van der Waals surface area contributed by atoms with Gasteiger partial charge < -0.3 is 5.32 Å². The van der Waals surface area contributed by atoms with Gasteiger partial charge >= 0.3 is 0 Å². The van der Waals surface area contributed by atoms with Crippen molar-refractivity contribution < 1.29 is 9.59 Å². The van der Waals surface area contributed by atoms with Gasteiger partial charge in [-0.05, 0) is 39.1 Å². The quantitative estimate of drug-likeness (QED) is 0.796. The van der Waals surface area contributed by atoms with E-state index >= 15 is 0 Å². The van der Waals surface area contributed by atoms with E-state index in [-0.39, 0.29) is 24.3 Å². The number of aromatic nitrogens is 3. The number of carbonyl (C=O) groups excluding carboxylic acids is 2. The molecular formula is C16H20N4O2S. The molecule has 0 radical (unpaired) electrons. The summed E-state index contributed by atoms with van der Waals surface area (Å²) >= 11 is 5.22. The van der Waals surface area contributed by atoms with Gasteiger partial charge in [-0.15, -0.1) is 0 Å². The molecule has 0 spiro atoms. The van der Waals surface area contributed by atoms with Gasteiger partial charge in [-0.3, -0.25) is 19.3 Å². The lowest BCUT2D eigenvalue weighted by atomic mass is 10.1. The Hall–Kier alpha value is -2.28. The Morgan fingerprint density at radius 1 is 1.43 bits per heavy atom. The van der Waals surface area contributed by atoms with E-state index in [1.165, 1.54) is 6.92 Å². The number of aryl methyl sites for hydroxylation is 1. The summed E-state index contributed by atoms with van der Waals surface area (Å²) in [5, 5.41) is 9.75. The monoisotopic (exact) mass is 332 g/mol. The molecule has 0 saturated heterocycles. The number of nitrogens with zero attached hydrogens (tertiary/aromatic N) is 2. The van der Waals surface area contributed by atoms with Crippen LogP contribution < -0.4 is 5.32 Å². The summed E-state index contributed by atoms with van der Waals surface area (Å²) in [6, 6.07) is 7.62. The maximum absolute atomic E-state index is 12.2. The van der Waals surface area contributed by atoms with Crippen molar-refractivity contribution in [2.75, 3.05) is 0 Å². The van der Waals surface area contributed by atoms with Crippen LogP contribution >= 0.6 is 12.2 Å². The maximum Gasteiger partial charge on any atom is 0.240 e. The van der Waals surface area contributed by atoms with Crippen LogP contribution in [0.25, 0.3) is 11.4 Å². The molecule has 0 aliphatic heterocycles. The molecule has 0 fully saturated rings. The Morgan fingerprint density at radius 2 is 2.17 bits per heavy atom. The van der Waals surface area contributed by atoms with Crippen LogP contribution in [0, 0.1) is 11.7 Å². The Morgan fingerprint density at radius 3 is 2.83 bits per heavy atom. The lowest BCUT2D eigenvalue weighted by Gasteiger charge is -2.13. The lowest BCUT2D eigenvalue weighted by Crippen LogP contribution is -2.36. The molecule has 2 aromatic rings. The Kier molecular flexibility index (Phi) is 5.44. The molecule has 6 nitrogen and oxygen atoms in total. The van der Waals surface area contributed by atoms with Crippen molar-refractivity contribution in [1.82, 2.24) is 20.1 Å². The van der Waals surface area contributed by atoms with Gasteiger partial charge in [0.25, 0.3) is 0 Å². The van der Waals surface area contributed by atoms with E-state index in [2.05, 4.69) is 15.5 Å². The molecule has 0 aliphatic rings. The standard InChI is InChI=1S/C16H20N4O2S/c1-10-5-4-6-13(7-10)15-18-19-16(23)20(15)9-14(22)17-11(2)8-12(3)21/h4-7,11H,8-9H2,1-3H3,(H,17,22)(H,19,23)/t11-/m0/s1. The molecule has 0 aliphatic carbocycles. The number of aromatic amines is 1. The van der Waals surface area contributed by atoms with Gasteiger partial charge in [-0.25, -0.2) is 0 Å². The maximum atomic E-state index is 12.2. The molecule has 1 atom stereocenters. The van der Waals surface area contributed by atoms with Crippen LogP contribution in [0.4, 0.5) is 0 Å². The molecule has 23 heavy (non-hydrogen) atoms. The van der Waals surface area contributed by atoms with Gasteiger partial charge in [-0.1, -0.05) is 23.8 Å². The lowest BCUT2D eigenvalue weighted by molar-refractivity contribution is -0.122. The van der Waals surface area contributed by atoms with Gasteiger partial charge in [0.05, 0.1) is 0 Å². The van der Waals surface area contributed by atoms with Crippen LogP contribution in [0.2, 0.25) is 0 Å². The molecule has 0 unspecified atom stereocenters. The fraction of sp³-hybridized carbons (Fsp3) is 0.375. The molecule has 1 amide bonds. The number of carbonyl (C=O) groups is 2. The van der Waals surface area contributed by atoms with Crippen molar-refractivity contribution in [3.63, 3.8) is 0 Å². The highest BCUT2D eigenvalue weighted by atomic mass is 32.1. The zero-order chi connectivity index (χ0) is 17.0. The van der Waals surface area contributed by atoms with Crippen LogP contribution in [-0.2, 0) is 16.1 Å². The number of hydrogen-bond donors (Lipinski definition) is 2. The topological polar surface area (TPSA) is 79.8 Å². The number of amides is 1. The Bertz CT molecular complexity index is 778. The first-order valence-corrected chi connectivity index (χ1v) is 7.78. The van der Waals surface area contributed by atoms with Crippen LogP contribution in [0.1, 0.15) is 25.8 Å². The second kappa shape index (κ2) is 7.32. The second-order valence-corrected chi connectivity index (χ2v) is 6.07. The van der Waals surface area contributed by atoms with E-state index < -0.39 is 0 Å². The molecule has 1 aromatic carbocycles. The van der Waals surface area contributed by atoms with Crippen molar-refractivity contribution in [2.45, 2.75) is 39.8 Å². The first kappa shape index (κ1) is 17.1. The largest absolute Gasteiger partial charge is 0.352 e. The van der Waals surface area contributed by atoms with Gasteiger partial charge in [0, 0.05) is 18.0 Å². The number of hydrogen-bond acceptors (Lipinski definition) is 4. The predicted octanol–water partition coefficient (Wildman–Crippen LogP) is 2.40. The fourth-order valence-corrected chi connectivity index (χ4v) is 2.61. The van der Waals surface area contributed by atoms with Gasteiger partial charge in [0.15, 0.2) is 10.6 Å². The first-order valence-electron chi connectivity index (χ1n) is 7.38. The number of ketones is 1. The number of Topliss-reactive ketones (excluding diaryl/α,β-unsaturated/α-hetero) is 1. The second-order valence-electron chi connectivity index (χ2n) is 5.68. The Labute approximate surface area is 139 Å². The van der Waals surface area contributed by atoms with E-state index in [1.54, 1.807) is 11.5 Å². The van der Waals surface area contributed by atoms with Crippen LogP contribution in [0.3, 0.4) is 0 Å². The minimum Gasteiger partial charge on any atom is -0.352 e. The third kappa shape index (κ3) is 4.59. The van der Waals surface area contributed by atoms with Crippen molar-refractivity contribution >= 4 is 23.9 Å². The average Bonchev–Trinajstić information content (AvgIpc) is 2.79. The third-order valence-corrected chi connectivity index (χ3v) is 3.65. The molecule has 2 N–H and O–H groups in total. The average molecular weight is 332 g/mol. The highest BCUT2D eigenvalue weighted by Crippen LogP contribution is 2.18. The molecule has 0 bridgehead atoms. The first-order chi connectivity index (χ1) is 10.9. The summed E-state index contributed by atoms with van der Waals surface area (Å²) < 4.78 is 2.04. The number of H-pyrrole nitrogens is 1. The summed E-state index contributed by atoms with van der Waals surface area (Å²) in [7, 11) is 0. The predicted molar refractivity (Wildman–Crippen MR) is 90.5 cm³/mol. The minimum absolute atomic E-state index is 0.0400. The SMILES string of the molecule is CC(=O)C[C@H](C)NC(=O)Cn1c(-c2cccc(C)c2)n[nH]c1=S. The summed E-state index contributed by atoms with van der Waals surface area (Å²) in [5.74, 6) is 0.455. The highest BCUT2D eigenvalue weighted by molar-refractivity contribution is 7.71. The number of nitrogens with one attached hydrogen (secondary N) is 2. The zero-order valence-electron chi connectivity index (χ0n) is 13.4. The summed E-state index contributed by atoms with van der Waals surface area (Å²) in [6.07, 6.45) is 0.313. The van der Waals surface area contributed by atoms with E-state index in [1.807, 2.05) is 31.2 Å². The molecule has 122 valence electrons. The molecular weight excluding hydrogens is 312 g/mol. The number of rotatable bonds is 6. The van der Waals surface area contributed by atoms with E-state index in [0.29, 0.717) is 17.0 Å². The fourth-order valence-electron chi connectivity index (χ4n) is 2.42. The zero-order valence-corrected chi connectivity index (χ0v) is 14.2. The summed E-state index contributed by atoms with van der Waals surface area (Å²) in [4.78, 5) is 23.3. The van der Waals surface area contributed by atoms with Crippen LogP contribution in [0.5, 0.6) is 0 Å².